The van der Waals surface area contributed by atoms with E-state index >= 15 is 0 Å². The van der Waals surface area contributed by atoms with E-state index < -0.39 is 0 Å². The molecule has 1 N–H and O–H groups in total. The van der Waals surface area contributed by atoms with Gasteiger partial charge >= 0.3 is 0 Å². The minimum Gasteiger partial charge on any atom is -0.316 e. The maximum atomic E-state index is 4.27. The topological polar surface area (TPSA) is 24.9 Å². The van der Waals surface area contributed by atoms with Gasteiger partial charge in [-0.3, -0.25) is 4.98 Å². The number of benzene rings is 1. The number of hydrogen-bond acceptors (Lipinski definition) is 2. The molecule has 1 saturated heterocycles. The molecule has 2 aliphatic rings. The summed E-state index contributed by atoms with van der Waals surface area (Å²) in [5, 5.41) is 3.65. The van der Waals surface area contributed by atoms with Crippen molar-refractivity contribution in [2.75, 3.05) is 13.1 Å². The zero-order valence-corrected chi connectivity index (χ0v) is 13.5. The molecular formula is C20H24N2. The number of pyridine rings is 1. The van der Waals surface area contributed by atoms with Gasteiger partial charge in [0.15, 0.2) is 0 Å². The molecule has 2 heteroatoms. The number of hydrogen-bond donors (Lipinski definition) is 1. The molecule has 22 heavy (non-hydrogen) atoms. The molecule has 0 radical (unpaired) electrons. The number of nitrogens with zero attached hydrogens (tertiary/aromatic N) is 1. The number of aromatic nitrogens is 1. The maximum Gasteiger partial charge on any atom is 0.0346 e. The lowest BCUT2D eigenvalue weighted by Gasteiger charge is -2.44. The Morgan fingerprint density at radius 2 is 2.14 bits per heavy atom. The Morgan fingerprint density at radius 1 is 1.23 bits per heavy atom. The van der Waals surface area contributed by atoms with Crippen LogP contribution >= 0.6 is 0 Å². The molecule has 2 heterocycles. The Kier molecular flexibility index (Phi) is 3.30. The van der Waals surface area contributed by atoms with Gasteiger partial charge in [0.25, 0.3) is 0 Å². The molecule has 1 aromatic carbocycles. The maximum absolute atomic E-state index is 4.27. The average Bonchev–Trinajstić information content (AvgIpc) is 2.65. The first-order chi connectivity index (χ1) is 10.7. The van der Waals surface area contributed by atoms with Gasteiger partial charge in [0.1, 0.15) is 0 Å². The summed E-state index contributed by atoms with van der Waals surface area (Å²) < 4.78 is 0. The second-order valence-electron chi connectivity index (χ2n) is 7.24. The lowest BCUT2D eigenvalue weighted by molar-refractivity contribution is 0.207. The Morgan fingerprint density at radius 3 is 2.95 bits per heavy atom. The van der Waals surface area contributed by atoms with Crippen LogP contribution in [-0.2, 0) is 11.8 Å². The molecule has 1 aliphatic heterocycles. The van der Waals surface area contributed by atoms with Crippen LogP contribution < -0.4 is 5.32 Å². The third-order valence-electron chi connectivity index (χ3n) is 6.14. The summed E-state index contributed by atoms with van der Waals surface area (Å²) in [6.45, 7) is 7.23. The van der Waals surface area contributed by atoms with Gasteiger partial charge in [0.05, 0.1) is 0 Å². The van der Waals surface area contributed by atoms with Gasteiger partial charge < -0.3 is 5.32 Å². The molecular weight excluding hydrogens is 268 g/mol. The summed E-state index contributed by atoms with van der Waals surface area (Å²) in [5.41, 5.74) is 5.94. The minimum absolute atomic E-state index is 0.292. The number of fused-ring (bicyclic) bond motifs is 4. The van der Waals surface area contributed by atoms with Crippen molar-refractivity contribution >= 4 is 0 Å². The highest BCUT2D eigenvalue weighted by Crippen LogP contribution is 2.48. The van der Waals surface area contributed by atoms with Crippen molar-refractivity contribution in [3.63, 3.8) is 0 Å². The van der Waals surface area contributed by atoms with Gasteiger partial charge in [-0.25, -0.2) is 0 Å². The molecule has 0 spiro atoms. The monoisotopic (exact) mass is 292 g/mol. The molecule has 1 fully saturated rings. The second-order valence-corrected chi connectivity index (χ2v) is 7.24. The normalized spacial score (nSPS) is 30.5. The van der Waals surface area contributed by atoms with E-state index in [1.807, 2.05) is 18.5 Å². The minimum atomic E-state index is 0.292. The Balaban J connectivity index is 1.84. The fraction of sp³-hybridized carbons (Fsp3) is 0.450. The molecule has 2 aromatic rings. The average molecular weight is 292 g/mol. The van der Waals surface area contributed by atoms with Crippen LogP contribution in [0.25, 0.3) is 11.1 Å². The highest BCUT2D eigenvalue weighted by Gasteiger charge is 2.43. The molecule has 1 aromatic heterocycles. The first kappa shape index (κ1) is 14.0. The molecule has 114 valence electrons. The largest absolute Gasteiger partial charge is 0.316 e. The van der Waals surface area contributed by atoms with Crippen LogP contribution in [0.2, 0.25) is 0 Å². The van der Waals surface area contributed by atoms with E-state index in [2.05, 4.69) is 48.4 Å². The van der Waals surface area contributed by atoms with Gasteiger partial charge in [-0.05, 0) is 71.5 Å². The van der Waals surface area contributed by atoms with E-state index in [1.54, 1.807) is 11.1 Å². The van der Waals surface area contributed by atoms with E-state index in [-0.39, 0.29) is 0 Å². The summed E-state index contributed by atoms with van der Waals surface area (Å²) in [4.78, 5) is 4.27. The Bertz CT molecular complexity index is 679. The van der Waals surface area contributed by atoms with Gasteiger partial charge in [-0.2, -0.15) is 0 Å². The highest BCUT2D eigenvalue weighted by atomic mass is 14.9. The van der Waals surface area contributed by atoms with Crippen molar-refractivity contribution in [3.05, 3.63) is 53.9 Å². The zero-order valence-electron chi connectivity index (χ0n) is 13.5. The summed E-state index contributed by atoms with van der Waals surface area (Å²) in [6, 6.07) is 11.2. The van der Waals surface area contributed by atoms with Crippen molar-refractivity contribution < 1.29 is 0 Å². The van der Waals surface area contributed by atoms with Crippen molar-refractivity contribution in [3.8, 4) is 11.1 Å². The van der Waals surface area contributed by atoms with E-state index in [4.69, 9.17) is 0 Å². The van der Waals surface area contributed by atoms with Crippen molar-refractivity contribution in [2.45, 2.75) is 32.1 Å². The summed E-state index contributed by atoms with van der Waals surface area (Å²) in [5.74, 6) is 1.50. The fourth-order valence-electron chi connectivity index (χ4n) is 4.47. The Hall–Kier alpha value is -1.67. The zero-order chi connectivity index (χ0) is 15.2. The van der Waals surface area contributed by atoms with E-state index in [0.717, 1.165) is 18.4 Å². The molecule has 2 nitrogen and oxygen atoms in total. The lowest BCUT2D eigenvalue weighted by Crippen LogP contribution is -2.41. The van der Waals surface area contributed by atoms with Crippen LogP contribution in [-0.4, -0.2) is 18.1 Å². The molecule has 0 saturated carbocycles. The quantitative estimate of drug-likeness (QED) is 0.864. The second kappa shape index (κ2) is 5.20. The Labute approximate surface area is 133 Å². The van der Waals surface area contributed by atoms with Crippen LogP contribution in [0.15, 0.2) is 42.7 Å². The van der Waals surface area contributed by atoms with Gasteiger partial charge in [-0.1, -0.05) is 38.1 Å². The number of nitrogens with one attached hydrogen (secondary N) is 1. The van der Waals surface area contributed by atoms with Gasteiger partial charge in [0, 0.05) is 12.4 Å². The predicted molar refractivity (Wildman–Crippen MR) is 90.9 cm³/mol. The fourth-order valence-corrected chi connectivity index (χ4v) is 4.47. The molecule has 2 bridgehead atoms. The highest BCUT2D eigenvalue weighted by molar-refractivity contribution is 5.65. The third kappa shape index (κ3) is 2.09. The van der Waals surface area contributed by atoms with Crippen LogP contribution in [0.3, 0.4) is 0 Å². The van der Waals surface area contributed by atoms with Crippen LogP contribution in [0.5, 0.6) is 0 Å². The predicted octanol–water partition coefficient (Wildman–Crippen LogP) is 3.81. The van der Waals surface area contributed by atoms with E-state index in [9.17, 15) is 0 Å². The van der Waals surface area contributed by atoms with Crippen molar-refractivity contribution in [1.29, 1.82) is 0 Å². The van der Waals surface area contributed by atoms with E-state index in [1.165, 1.54) is 30.5 Å². The summed E-state index contributed by atoms with van der Waals surface area (Å²) in [6.07, 6.45) is 6.25. The molecule has 3 atom stereocenters. The standard InChI is InChI=1S/C20H24N2/c1-14-18-10-16-6-5-15(17-4-3-8-21-12-17)11-19(16)20(14,2)7-9-22-13-18/h3-6,8,11-12,14,18,22H,7,9-10,13H2,1-2H3/t14-,18+,20-/m1/s1. The lowest BCUT2D eigenvalue weighted by atomic mass is 9.60. The van der Waals surface area contributed by atoms with Crippen LogP contribution in [0.1, 0.15) is 31.4 Å². The summed E-state index contributed by atoms with van der Waals surface area (Å²) in [7, 11) is 0. The summed E-state index contributed by atoms with van der Waals surface area (Å²) >= 11 is 0. The van der Waals surface area contributed by atoms with Crippen molar-refractivity contribution in [1.82, 2.24) is 10.3 Å². The smallest absolute Gasteiger partial charge is 0.0346 e. The molecule has 1 aliphatic carbocycles. The van der Waals surface area contributed by atoms with Gasteiger partial charge in [0.2, 0.25) is 0 Å². The SMILES string of the molecule is C[C@@H]1[C@@H]2CNCC[C@@]1(C)c1cc(-c3cccnc3)ccc1C2. The van der Waals surface area contributed by atoms with Gasteiger partial charge in [-0.15, -0.1) is 0 Å². The molecule has 0 amide bonds. The third-order valence-corrected chi connectivity index (χ3v) is 6.14. The molecule has 0 unspecified atom stereocenters. The molecule has 4 rings (SSSR count). The van der Waals surface area contributed by atoms with E-state index in [0.29, 0.717) is 5.41 Å². The van der Waals surface area contributed by atoms with Crippen LogP contribution in [0, 0.1) is 11.8 Å². The van der Waals surface area contributed by atoms with Crippen LogP contribution in [0.4, 0.5) is 0 Å². The first-order valence-electron chi connectivity index (χ1n) is 8.43. The number of rotatable bonds is 1. The van der Waals surface area contributed by atoms with Crippen molar-refractivity contribution in [2.24, 2.45) is 11.8 Å². The first-order valence-corrected chi connectivity index (χ1v) is 8.43.